The van der Waals surface area contributed by atoms with Crippen LogP contribution >= 0.6 is 23.2 Å². The van der Waals surface area contributed by atoms with Gasteiger partial charge in [-0.1, -0.05) is 23.2 Å². The van der Waals surface area contributed by atoms with Crippen LogP contribution in [0.25, 0.3) is 0 Å². The van der Waals surface area contributed by atoms with E-state index in [0.717, 1.165) is 26.2 Å². The summed E-state index contributed by atoms with van der Waals surface area (Å²) in [5, 5.41) is 23.1. The third-order valence-corrected chi connectivity index (χ3v) is 3.80. The van der Waals surface area contributed by atoms with E-state index in [1.807, 2.05) is 0 Å². The van der Waals surface area contributed by atoms with Gasteiger partial charge in [0, 0.05) is 36.8 Å². The Labute approximate surface area is 122 Å². The molecule has 2 rings (SSSR count). The summed E-state index contributed by atoms with van der Waals surface area (Å²) in [5.74, 6) is 0.0184. The van der Waals surface area contributed by atoms with Gasteiger partial charge in [0.1, 0.15) is 5.75 Å². The van der Waals surface area contributed by atoms with E-state index in [4.69, 9.17) is 28.5 Å². The molecule has 0 unspecified atom stereocenters. The van der Waals surface area contributed by atoms with Crippen LogP contribution in [0.15, 0.2) is 12.1 Å². The zero-order valence-electron chi connectivity index (χ0n) is 10.4. The molecule has 1 aromatic rings. The number of nitrogens with zero attached hydrogens (tertiary/aromatic N) is 2. The van der Waals surface area contributed by atoms with Crippen LogP contribution in [0.3, 0.4) is 0 Å². The van der Waals surface area contributed by atoms with Gasteiger partial charge in [-0.25, -0.2) is 0 Å². The number of nitriles is 1. The van der Waals surface area contributed by atoms with Crippen molar-refractivity contribution in [1.29, 1.82) is 5.26 Å². The highest BCUT2D eigenvalue weighted by atomic mass is 35.5. The van der Waals surface area contributed by atoms with Crippen LogP contribution in [-0.4, -0.2) is 36.2 Å². The summed E-state index contributed by atoms with van der Waals surface area (Å²) in [6.45, 7) is 3.40. The summed E-state index contributed by atoms with van der Waals surface area (Å²) in [7, 11) is 0. The minimum absolute atomic E-state index is 0.0184. The minimum atomic E-state index is -0.178. The SMILES string of the molecule is N#CC[C@H](c1cc(Cl)cc(Cl)c1O)N1CCNCC1. The lowest BCUT2D eigenvalue weighted by Crippen LogP contribution is -2.45. The number of hydrogen-bond acceptors (Lipinski definition) is 4. The van der Waals surface area contributed by atoms with Crippen molar-refractivity contribution in [3.05, 3.63) is 27.7 Å². The third-order valence-electron chi connectivity index (χ3n) is 3.29. The fraction of sp³-hybridized carbons (Fsp3) is 0.462. The van der Waals surface area contributed by atoms with Crippen LogP contribution in [0.4, 0.5) is 0 Å². The van der Waals surface area contributed by atoms with Gasteiger partial charge in [-0.2, -0.15) is 5.26 Å². The molecule has 1 saturated heterocycles. The molecule has 1 atom stereocenters. The Morgan fingerprint density at radius 2 is 2.05 bits per heavy atom. The molecule has 1 fully saturated rings. The highest BCUT2D eigenvalue weighted by molar-refractivity contribution is 6.35. The molecule has 19 heavy (non-hydrogen) atoms. The van der Waals surface area contributed by atoms with Crippen molar-refractivity contribution >= 4 is 23.2 Å². The van der Waals surface area contributed by atoms with Gasteiger partial charge in [-0.05, 0) is 12.1 Å². The minimum Gasteiger partial charge on any atom is -0.506 e. The smallest absolute Gasteiger partial charge is 0.139 e. The second-order valence-corrected chi connectivity index (χ2v) is 5.33. The Balaban J connectivity index is 2.35. The number of phenols is 1. The third kappa shape index (κ3) is 3.31. The van der Waals surface area contributed by atoms with Crippen LogP contribution in [-0.2, 0) is 0 Å². The molecule has 102 valence electrons. The van der Waals surface area contributed by atoms with Gasteiger partial charge in [-0.15, -0.1) is 0 Å². The first-order valence-electron chi connectivity index (χ1n) is 6.13. The predicted molar refractivity (Wildman–Crippen MR) is 75.5 cm³/mol. The molecule has 2 N–H and O–H groups in total. The van der Waals surface area contributed by atoms with E-state index >= 15 is 0 Å². The first kappa shape index (κ1) is 14.4. The van der Waals surface area contributed by atoms with E-state index in [-0.39, 0.29) is 16.8 Å². The lowest BCUT2D eigenvalue weighted by Gasteiger charge is -2.34. The van der Waals surface area contributed by atoms with Crippen LogP contribution in [0.2, 0.25) is 10.0 Å². The predicted octanol–water partition coefficient (Wildman–Crippen LogP) is 2.56. The fourth-order valence-corrected chi connectivity index (χ4v) is 2.87. The van der Waals surface area contributed by atoms with Gasteiger partial charge in [0.15, 0.2) is 0 Å². The Morgan fingerprint density at radius 1 is 1.37 bits per heavy atom. The number of piperazine rings is 1. The molecule has 1 heterocycles. The highest BCUT2D eigenvalue weighted by Gasteiger charge is 2.25. The lowest BCUT2D eigenvalue weighted by atomic mass is 10.0. The molecule has 0 spiro atoms. The van der Waals surface area contributed by atoms with Gasteiger partial charge < -0.3 is 10.4 Å². The average Bonchev–Trinajstić information content (AvgIpc) is 2.41. The maximum atomic E-state index is 10.1. The monoisotopic (exact) mass is 299 g/mol. The number of aromatic hydroxyl groups is 1. The molecule has 0 aliphatic carbocycles. The van der Waals surface area contributed by atoms with E-state index in [9.17, 15) is 5.11 Å². The molecule has 1 aliphatic rings. The van der Waals surface area contributed by atoms with Crippen molar-refractivity contribution in [3.63, 3.8) is 0 Å². The van der Waals surface area contributed by atoms with Crippen molar-refractivity contribution < 1.29 is 5.11 Å². The van der Waals surface area contributed by atoms with Gasteiger partial charge >= 0.3 is 0 Å². The lowest BCUT2D eigenvalue weighted by molar-refractivity contribution is 0.173. The Hall–Kier alpha value is -0.990. The summed E-state index contributed by atoms with van der Waals surface area (Å²) in [5.41, 5.74) is 0.626. The molecule has 1 aromatic carbocycles. The van der Waals surface area contributed by atoms with Crippen molar-refractivity contribution in [3.8, 4) is 11.8 Å². The molecule has 1 aliphatic heterocycles. The first-order valence-corrected chi connectivity index (χ1v) is 6.88. The highest BCUT2D eigenvalue weighted by Crippen LogP contribution is 2.38. The Bertz CT molecular complexity index is 495. The van der Waals surface area contributed by atoms with E-state index < -0.39 is 0 Å². The summed E-state index contributed by atoms with van der Waals surface area (Å²) in [4.78, 5) is 2.17. The van der Waals surface area contributed by atoms with Crippen molar-refractivity contribution in [2.24, 2.45) is 0 Å². The molecule has 0 aromatic heterocycles. The van der Waals surface area contributed by atoms with Crippen LogP contribution in [0.5, 0.6) is 5.75 Å². The molecule has 6 heteroatoms. The maximum absolute atomic E-state index is 10.1. The number of phenolic OH excluding ortho intramolecular Hbond substituents is 1. The van der Waals surface area contributed by atoms with E-state index in [0.29, 0.717) is 17.0 Å². The van der Waals surface area contributed by atoms with Gasteiger partial charge in [0.2, 0.25) is 0 Å². The topological polar surface area (TPSA) is 59.3 Å². The largest absolute Gasteiger partial charge is 0.506 e. The molecule has 0 saturated carbocycles. The second kappa shape index (κ2) is 6.44. The van der Waals surface area contributed by atoms with Crippen molar-refractivity contribution in [1.82, 2.24) is 10.2 Å². The average molecular weight is 300 g/mol. The van der Waals surface area contributed by atoms with Crippen molar-refractivity contribution in [2.45, 2.75) is 12.5 Å². The maximum Gasteiger partial charge on any atom is 0.139 e. The van der Waals surface area contributed by atoms with E-state index in [1.54, 1.807) is 6.07 Å². The number of hydrogen-bond donors (Lipinski definition) is 2. The molecule has 4 nitrogen and oxygen atoms in total. The second-order valence-electron chi connectivity index (χ2n) is 4.49. The number of halogens is 2. The Morgan fingerprint density at radius 3 is 2.68 bits per heavy atom. The van der Waals surface area contributed by atoms with Crippen LogP contribution in [0.1, 0.15) is 18.0 Å². The number of nitrogens with one attached hydrogen (secondary N) is 1. The fourth-order valence-electron chi connectivity index (χ4n) is 2.36. The summed E-state index contributed by atoms with van der Waals surface area (Å²) in [6.07, 6.45) is 0.296. The van der Waals surface area contributed by atoms with Gasteiger partial charge in [0.25, 0.3) is 0 Å². The van der Waals surface area contributed by atoms with Crippen LogP contribution in [0, 0.1) is 11.3 Å². The van der Waals surface area contributed by atoms with Crippen LogP contribution < -0.4 is 5.32 Å². The number of benzene rings is 1. The Kier molecular flexibility index (Phi) is 4.89. The van der Waals surface area contributed by atoms with E-state index in [2.05, 4.69) is 16.3 Å². The van der Waals surface area contributed by atoms with Gasteiger partial charge in [0.05, 0.1) is 23.6 Å². The molecule has 0 amide bonds. The molecular formula is C13H15Cl2N3O. The normalized spacial score (nSPS) is 17.9. The molecule has 0 radical (unpaired) electrons. The quantitative estimate of drug-likeness (QED) is 0.900. The zero-order chi connectivity index (χ0) is 13.8. The first-order chi connectivity index (χ1) is 9.13. The standard InChI is InChI=1S/C13H15Cl2N3O/c14-9-7-10(13(19)11(15)8-9)12(1-2-16)18-5-3-17-4-6-18/h7-8,12,17,19H,1,3-6H2/t12-/m1/s1. The van der Waals surface area contributed by atoms with E-state index in [1.165, 1.54) is 6.07 Å². The number of rotatable bonds is 3. The molecular weight excluding hydrogens is 285 g/mol. The van der Waals surface area contributed by atoms with Gasteiger partial charge in [-0.3, -0.25) is 4.90 Å². The summed E-state index contributed by atoms with van der Waals surface area (Å²) < 4.78 is 0. The summed E-state index contributed by atoms with van der Waals surface area (Å²) in [6, 6.07) is 5.18. The van der Waals surface area contributed by atoms with Crippen molar-refractivity contribution in [2.75, 3.05) is 26.2 Å². The molecule has 0 bridgehead atoms. The summed E-state index contributed by atoms with van der Waals surface area (Å²) >= 11 is 11.9. The zero-order valence-corrected chi connectivity index (χ0v) is 11.9.